The summed E-state index contributed by atoms with van der Waals surface area (Å²) in [5.74, 6) is -2.55. The Bertz CT molecular complexity index is 1130. The number of esters is 1. The largest absolute Gasteiger partial charge is 0.461 e. The minimum atomic E-state index is -1.05. The highest BCUT2D eigenvalue weighted by Crippen LogP contribution is 2.43. The van der Waals surface area contributed by atoms with Crippen molar-refractivity contribution in [2.24, 2.45) is 0 Å². The Morgan fingerprint density at radius 2 is 2.07 bits per heavy atom. The summed E-state index contributed by atoms with van der Waals surface area (Å²) in [5, 5.41) is 4.22. The number of nitrogens with zero attached hydrogens (tertiary/aromatic N) is 2. The van der Waals surface area contributed by atoms with E-state index in [4.69, 9.17) is 4.74 Å². The fourth-order valence-corrected chi connectivity index (χ4v) is 3.20. The Hall–Kier alpha value is -3.03. The van der Waals surface area contributed by atoms with Crippen LogP contribution >= 0.6 is 0 Å². The molecular formula is C19H17F2N3O3. The van der Waals surface area contributed by atoms with Gasteiger partial charge >= 0.3 is 5.97 Å². The van der Waals surface area contributed by atoms with E-state index in [1.54, 1.807) is 6.92 Å². The maximum atomic E-state index is 14.3. The van der Waals surface area contributed by atoms with Crippen LogP contribution in [0.3, 0.4) is 0 Å². The van der Waals surface area contributed by atoms with Gasteiger partial charge in [0.1, 0.15) is 5.52 Å². The van der Waals surface area contributed by atoms with Gasteiger partial charge in [0.2, 0.25) is 0 Å². The number of carbonyl (C=O) groups excluding carboxylic acids is 1. The maximum absolute atomic E-state index is 14.3. The molecule has 27 heavy (non-hydrogen) atoms. The Kier molecular flexibility index (Phi) is 4.05. The van der Waals surface area contributed by atoms with Crippen LogP contribution in [0.25, 0.3) is 16.8 Å². The van der Waals surface area contributed by atoms with E-state index in [2.05, 4.69) is 10.1 Å². The Morgan fingerprint density at radius 3 is 2.74 bits per heavy atom. The second-order valence-electron chi connectivity index (χ2n) is 6.61. The molecule has 4 rings (SSSR count). The number of ether oxygens (including phenoxy) is 1. The van der Waals surface area contributed by atoms with Crippen LogP contribution in [0.15, 0.2) is 23.1 Å². The monoisotopic (exact) mass is 373 g/mol. The van der Waals surface area contributed by atoms with E-state index >= 15 is 0 Å². The third kappa shape index (κ3) is 2.81. The molecule has 0 radical (unpaired) electrons. The summed E-state index contributed by atoms with van der Waals surface area (Å²) in [4.78, 5) is 27.5. The number of carbonyl (C=O) groups is 1. The molecule has 1 N–H and O–H groups in total. The van der Waals surface area contributed by atoms with Crippen LogP contribution in [0.1, 0.15) is 47.3 Å². The van der Waals surface area contributed by atoms with E-state index < -0.39 is 23.2 Å². The standard InChI is InChI=1S/C19H17F2N3O3/c1-3-27-19(26)16-13(10-5-6-10)17-18(25)22-12(8-24(17)23-16)11-7-4-9(2)14(20)15(11)21/h4,7-8,10H,3,5-6H2,1-2H3,(H,22,25). The molecule has 140 valence electrons. The number of aromatic nitrogens is 3. The van der Waals surface area contributed by atoms with Gasteiger partial charge in [0, 0.05) is 11.1 Å². The molecule has 0 atom stereocenters. The van der Waals surface area contributed by atoms with Crippen molar-refractivity contribution in [3.05, 3.63) is 57.1 Å². The molecule has 0 unspecified atom stereocenters. The summed E-state index contributed by atoms with van der Waals surface area (Å²) >= 11 is 0. The number of rotatable bonds is 4. The maximum Gasteiger partial charge on any atom is 0.359 e. The van der Waals surface area contributed by atoms with Crippen LogP contribution in [0.2, 0.25) is 0 Å². The Morgan fingerprint density at radius 1 is 1.33 bits per heavy atom. The van der Waals surface area contributed by atoms with Crippen molar-refractivity contribution >= 4 is 11.5 Å². The zero-order valence-electron chi connectivity index (χ0n) is 14.8. The van der Waals surface area contributed by atoms with E-state index in [-0.39, 0.29) is 40.6 Å². The van der Waals surface area contributed by atoms with E-state index in [0.717, 1.165) is 12.8 Å². The molecule has 0 spiro atoms. The van der Waals surface area contributed by atoms with Crippen molar-refractivity contribution in [2.75, 3.05) is 6.61 Å². The SMILES string of the molecule is CCOC(=O)c1nn2cc(-c3ccc(C)c(F)c3F)[nH]c(=O)c2c1C1CC1. The second-order valence-corrected chi connectivity index (χ2v) is 6.61. The molecule has 1 aliphatic carbocycles. The van der Waals surface area contributed by atoms with Crippen LogP contribution in [-0.4, -0.2) is 27.2 Å². The predicted molar refractivity (Wildman–Crippen MR) is 93.8 cm³/mol. The lowest BCUT2D eigenvalue weighted by Crippen LogP contribution is -2.13. The van der Waals surface area contributed by atoms with Gasteiger partial charge in [-0.2, -0.15) is 5.10 Å². The Labute approximate surface area is 152 Å². The number of hydrogen-bond acceptors (Lipinski definition) is 4. The average molecular weight is 373 g/mol. The van der Waals surface area contributed by atoms with Crippen molar-refractivity contribution in [3.8, 4) is 11.3 Å². The molecule has 0 saturated heterocycles. The highest BCUT2D eigenvalue weighted by atomic mass is 19.2. The van der Waals surface area contributed by atoms with Crippen LogP contribution in [0, 0.1) is 18.6 Å². The van der Waals surface area contributed by atoms with Gasteiger partial charge in [-0.15, -0.1) is 0 Å². The normalized spacial score (nSPS) is 13.9. The smallest absolute Gasteiger partial charge is 0.359 e. The van der Waals surface area contributed by atoms with Crippen LogP contribution in [0.5, 0.6) is 0 Å². The first-order valence-corrected chi connectivity index (χ1v) is 8.70. The van der Waals surface area contributed by atoms with E-state index in [9.17, 15) is 18.4 Å². The highest BCUT2D eigenvalue weighted by Gasteiger charge is 2.34. The quantitative estimate of drug-likeness (QED) is 0.712. The number of halogens is 2. The molecule has 1 aromatic carbocycles. The predicted octanol–water partition coefficient (Wildman–Crippen LogP) is 3.33. The van der Waals surface area contributed by atoms with Gasteiger partial charge in [0.15, 0.2) is 17.3 Å². The van der Waals surface area contributed by atoms with Gasteiger partial charge in [-0.1, -0.05) is 6.07 Å². The molecule has 3 aromatic rings. The van der Waals surface area contributed by atoms with Gasteiger partial charge < -0.3 is 9.72 Å². The number of nitrogens with one attached hydrogen (secondary N) is 1. The summed E-state index contributed by atoms with van der Waals surface area (Å²) in [5.41, 5.74) is 0.520. The zero-order valence-corrected chi connectivity index (χ0v) is 14.8. The van der Waals surface area contributed by atoms with E-state index in [1.165, 1.54) is 29.8 Å². The molecule has 2 aromatic heterocycles. The van der Waals surface area contributed by atoms with E-state index in [0.29, 0.717) is 5.56 Å². The fourth-order valence-electron chi connectivity index (χ4n) is 3.20. The molecule has 2 heterocycles. The molecule has 8 heteroatoms. The minimum Gasteiger partial charge on any atom is -0.461 e. The third-order valence-electron chi connectivity index (χ3n) is 4.68. The number of benzene rings is 1. The first-order valence-electron chi connectivity index (χ1n) is 8.70. The first kappa shape index (κ1) is 17.4. The molecule has 1 fully saturated rings. The molecule has 1 saturated carbocycles. The molecule has 0 aliphatic heterocycles. The van der Waals surface area contributed by atoms with Crippen LogP contribution < -0.4 is 5.56 Å². The number of aryl methyl sites for hydroxylation is 1. The average Bonchev–Trinajstić information content (AvgIpc) is 3.39. The first-order chi connectivity index (χ1) is 12.9. The zero-order chi connectivity index (χ0) is 19.3. The summed E-state index contributed by atoms with van der Waals surface area (Å²) in [6, 6.07) is 2.82. The fraction of sp³-hybridized carbons (Fsp3) is 0.316. The van der Waals surface area contributed by atoms with Crippen molar-refractivity contribution in [2.45, 2.75) is 32.6 Å². The molecule has 0 bridgehead atoms. The summed E-state index contributed by atoms with van der Waals surface area (Å²) in [6.45, 7) is 3.32. The summed E-state index contributed by atoms with van der Waals surface area (Å²) in [7, 11) is 0. The van der Waals surface area contributed by atoms with Gasteiger partial charge in [0.05, 0.1) is 18.5 Å². The van der Waals surface area contributed by atoms with Gasteiger partial charge in [-0.3, -0.25) is 4.79 Å². The van der Waals surface area contributed by atoms with Gasteiger partial charge in [0.25, 0.3) is 5.56 Å². The van der Waals surface area contributed by atoms with E-state index in [1.807, 2.05) is 0 Å². The number of fused-ring (bicyclic) bond motifs is 1. The highest BCUT2D eigenvalue weighted by molar-refractivity contribution is 5.92. The summed E-state index contributed by atoms with van der Waals surface area (Å²) in [6.07, 6.45) is 3.10. The van der Waals surface area contributed by atoms with Crippen molar-refractivity contribution in [1.82, 2.24) is 14.6 Å². The lowest BCUT2D eigenvalue weighted by molar-refractivity contribution is 0.0517. The van der Waals surface area contributed by atoms with Crippen LogP contribution in [-0.2, 0) is 4.74 Å². The number of hydrogen-bond donors (Lipinski definition) is 1. The topological polar surface area (TPSA) is 76.5 Å². The lowest BCUT2D eigenvalue weighted by atomic mass is 10.1. The molecule has 1 aliphatic rings. The number of H-pyrrole nitrogens is 1. The van der Waals surface area contributed by atoms with Gasteiger partial charge in [-0.05, 0) is 44.2 Å². The second kappa shape index (κ2) is 6.29. The third-order valence-corrected chi connectivity index (χ3v) is 4.68. The minimum absolute atomic E-state index is 0.0717. The van der Waals surface area contributed by atoms with Crippen molar-refractivity contribution in [1.29, 1.82) is 0 Å². The van der Waals surface area contributed by atoms with Crippen molar-refractivity contribution < 1.29 is 18.3 Å². The molecule has 0 amide bonds. The lowest BCUT2D eigenvalue weighted by Gasteiger charge is -2.07. The van der Waals surface area contributed by atoms with Gasteiger partial charge in [-0.25, -0.2) is 18.1 Å². The Balaban J connectivity index is 1.94. The molecule has 6 nitrogen and oxygen atoms in total. The van der Waals surface area contributed by atoms with Crippen molar-refractivity contribution in [3.63, 3.8) is 0 Å². The number of aromatic amines is 1. The molecular weight excluding hydrogens is 356 g/mol. The summed E-state index contributed by atoms with van der Waals surface area (Å²) < 4.78 is 34.5. The van der Waals surface area contributed by atoms with Crippen LogP contribution in [0.4, 0.5) is 8.78 Å².